The Morgan fingerprint density at radius 2 is 1.59 bits per heavy atom. The SMILES string of the molecule is CC(C)(C)c1ccc(C(=O)NNC(=S)NC(=O)COc2ccccc2)cc1. The van der Waals surface area contributed by atoms with E-state index >= 15 is 0 Å². The molecule has 0 aromatic heterocycles. The number of amides is 2. The molecule has 2 aromatic carbocycles. The summed E-state index contributed by atoms with van der Waals surface area (Å²) < 4.78 is 5.32. The molecule has 6 nitrogen and oxygen atoms in total. The standard InChI is InChI=1S/C20H23N3O3S/c1-20(2,3)15-11-9-14(10-12-15)18(25)22-23-19(27)21-17(24)13-26-16-7-5-4-6-8-16/h4-12H,13H2,1-3H3,(H,22,25)(H2,21,23,24,27). The van der Waals surface area contributed by atoms with Crippen molar-refractivity contribution in [1.29, 1.82) is 0 Å². The highest BCUT2D eigenvalue weighted by atomic mass is 32.1. The predicted molar refractivity (Wildman–Crippen MR) is 108 cm³/mol. The number of nitrogens with one attached hydrogen (secondary N) is 3. The Hall–Kier alpha value is -2.93. The molecule has 0 fully saturated rings. The number of carbonyl (C=O) groups is 2. The molecule has 2 amide bonds. The number of thiocarbonyl (C=S) groups is 1. The minimum absolute atomic E-state index is 0.0148. The maximum Gasteiger partial charge on any atom is 0.269 e. The van der Waals surface area contributed by atoms with Gasteiger partial charge >= 0.3 is 0 Å². The number of ether oxygens (including phenoxy) is 1. The first-order chi connectivity index (χ1) is 12.8. The molecule has 0 bridgehead atoms. The van der Waals surface area contributed by atoms with Gasteiger partial charge in [0.2, 0.25) is 0 Å². The van der Waals surface area contributed by atoms with Gasteiger partial charge in [-0.15, -0.1) is 0 Å². The van der Waals surface area contributed by atoms with E-state index in [-0.39, 0.29) is 23.0 Å². The molecular weight excluding hydrogens is 362 g/mol. The fraction of sp³-hybridized carbons (Fsp3) is 0.250. The fourth-order valence-electron chi connectivity index (χ4n) is 2.17. The molecule has 0 aliphatic heterocycles. The van der Waals surface area contributed by atoms with Gasteiger partial charge < -0.3 is 4.74 Å². The van der Waals surface area contributed by atoms with E-state index in [9.17, 15) is 9.59 Å². The Balaban J connectivity index is 1.76. The van der Waals surface area contributed by atoms with Gasteiger partial charge in [0.1, 0.15) is 5.75 Å². The zero-order valence-corrected chi connectivity index (χ0v) is 16.4. The lowest BCUT2D eigenvalue weighted by molar-refractivity contribution is -0.121. The van der Waals surface area contributed by atoms with Gasteiger partial charge in [-0.25, -0.2) is 0 Å². The highest BCUT2D eigenvalue weighted by molar-refractivity contribution is 7.80. The van der Waals surface area contributed by atoms with Gasteiger partial charge in [-0.05, 0) is 47.5 Å². The molecule has 0 radical (unpaired) electrons. The van der Waals surface area contributed by atoms with Crippen LogP contribution in [0.1, 0.15) is 36.7 Å². The number of rotatable bonds is 4. The predicted octanol–water partition coefficient (Wildman–Crippen LogP) is 2.70. The van der Waals surface area contributed by atoms with Crippen molar-refractivity contribution in [2.75, 3.05) is 6.61 Å². The summed E-state index contributed by atoms with van der Waals surface area (Å²) >= 11 is 4.99. The molecule has 0 saturated carbocycles. The molecule has 3 N–H and O–H groups in total. The van der Waals surface area contributed by atoms with E-state index in [4.69, 9.17) is 17.0 Å². The molecule has 2 rings (SSSR count). The van der Waals surface area contributed by atoms with Crippen LogP contribution in [0, 0.1) is 0 Å². The zero-order chi connectivity index (χ0) is 19.9. The maximum atomic E-state index is 12.1. The first-order valence-electron chi connectivity index (χ1n) is 8.44. The molecule has 0 aliphatic rings. The highest BCUT2D eigenvalue weighted by Gasteiger charge is 2.14. The number of hydrazine groups is 1. The molecule has 0 heterocycles. The molecule has 0 atom stereocenters. The van der Waals surface area contributed by atoms with Gasteiger partial charge in [-0.1, -0.05) is 51.1 Å². The van der Waals surface area contributed by atoms with Crippen molar-refractivity contribution < 1.29 is 14.3 Å². The van der Waals surface area contributed by atoms with Crippen molar-refractivity contribution in [2.45, 2.75) is 26.2 Å². The van der Waals surface area contributed by atoms with Crippen LogP contribution in [0.5, 0.6) is 5.75 Å². The Kier molecular flexibility index (Phi) is 6.90. The second-order valence-electron chi connectivity index (χ2n) is 6.89. The van der Waals surface area contributed by atoms with Crippen LogP contribution >= 0.6 is 12.2 Å². The van der Waals surface area contributed by atoms with E-state index in [0.717, 1.165) is 5.56 Å². The summed E-state index contributed by atoms with van der Waals surface area (Å²) in [4.78, 5) is 23.9. The summed E-state index contributed by atoms with van der Waals surface area (Å²) in [7, 11) is 0. The lowest BCUT2D eigenvalue weighted by Gasteiger charge is -2.19. The fourth-order valence-corrected chi connectivity index (χ4v) is 2.33. The normalized spacial score (nSPS) is 10.6. The largest absolute Gasteiger partial charge is 0.484 e. The van der Waals surface area contributed by atoms with Gasteiger partial charge in [-0.2, -0.15) is 0 Å². The van der Waals surface area contributed by atoms with Gasteiger partial charge in [0, 0.05) is 5.56 Å². The number of para-hydroxylation sites is 1. The number of hydrogen-bond donors (Lipinski definition) is 3. The number of carbonyl (C=O) groups excluding carboxylic acids is 2. The topological polar surface area (TPSA) is 79.5 Å². The summed E-state index contributed by atoms with van der Waals surface area (Å²) in [5.74, 6) is -0.203. The summed E-state index contributed by atoms with van der Waals surface area (Å²) in [6.45, 7) is 6.12. The second kappa shape index (κ2) is 9.14. The van der Waals surface area contributed by atoms with E-state index < -0.39 is 5.91 Å². The van der Waals surface area contributed by atoms with Crippen molar-refractivity contribution in [3.63, 3.8) is 0 Å². The quantitative estimate of drug-likeness (QED) is 0.557. The molecule has 0 saturated heterocycles. The molecule has 0 unspecified atom stereocenters. The van der Waals surface area contributed by atoms with Gasteiger partial charge in [0.05, 0.1) is 0 Å². The summed E-state index contributed by atoms with van der Waals surface area (Å²) in [5.41, 5.74) is 6.58. The van der Waals surface area contributed by atoms with Crippen LogP contribution in [0.4, 0.5) is 0 Å². The van der Waals surface area contributed by atoms with Crippen molar-refractivity contribution in [2.24, 2.45) is 0 Å². The lowest BCUT2D eigenvalue weighted by atomic mass is 9.87. The third kappa shape index (κ3) is 6.71. The smallest absolute Gasteiger partial charge is 0.269 e. The van der Waals surface area contributed by atoms with Gasteiger partial charge in [0.15, 0.2) is 11.7 Å². The van der Waals surface area contributed by atoms with E-state index in [1.54, 1.807) is 24.3 Å². The van der Waals surface area contributed by atoms with Gasteiger partial charge in [0.25, 0.3) is 11.8 Å². The lowest BCUT2D eigenvalue weighted by Crippen LogP contribution is -2.49. The minimum atomic E-state index is -0.430. The molecule has 0 spiro atoms. The molecule has 27 heavy (non-hydrogen) atoms. The van der Waals surface area contributed by atoms with Gasteiger partial charge in [-0.3, -0.25) is 25.8 Å². The van der Waals surface area contributed by atoms with E-state index in [2.05, 4.69) is 36.9 Å². The Morgan fingerprint density at radius 3 is 2.19 bits per heavy atom. The average Bonchev–Trinajstić information content (AvgIpc) is 2.64. The molecule has 0 aliphatic carbocycles. The van der Waals surface area contributed by atoms with E-state index in [1.165, 1.54) is 0 Å². The Bertz CT molecular complexity index is 799. The minimum Gasteiger partial charge on any atom is -0.484 e. The molecule has 142 valence electrons. The average molecular weight is 385 g/mol. The molecular formula is C20H23N3O3S. The van der Waals surface area contributed by atoms with Crippen molar-refractivity contribution in [3.8, 4) is 5.75 Å². The van der Waals surface area contributed by atoms with Crippen molar-refractivity contribution in [1.82, 2.24) is 16.2 Å². The Morgan fingerprint density at radius 1 is 0.963 bits per heavy atom. The van der Waals surface area contributed by atoms with Crippen LogP contribution in [-0.2, 0) is 10.2 Å². The third-order valence-corrected chi connectivity index (χ3v) is 3.87. The summed E-state index contributed by atoms with van der Waals surface area (Å²) in [5, 5.41) is 2.41. The maximum absolute atomic E-state index is 12.1. The first kappa shape index (κ1) is 20.4. The van der Waals surface area contributed by atoms with Crippen LogP contribution < -0.4 is 20.9 Å². The Labute approximate surface area is 164 Å². The van der Waals surface area contributed by atoms with Crippen molar-refractivity contribution in [3.05, 3.63) is 65.7 Å². The third-order valence-electron chi connectivity index (χ3n) is 3.67. The monoisotopic (exact) mass is 385 g/mol. The number of benzene rings is 2. The number of hydrogen-bond acceptors (Lipinski definition) is 4. The van der Waals surface area contributed by atoms with E-state index in [1.807, 2.05) is 30.3 Å². The van der Waals surface area contributed by atoms with Crippen molar-refractivity contribution >= 4 is 29.1 Å². The highest BCUT2D eigenvalue weighted by Crippen LogP contribution is 2.22. The van der Waals surface area contributed by atoms with Crippen LogP contribution in [0.25, 0.3) is 0 Å². The summed E-state index contributed by atoms with van der Waals surface area (Å²) in [6, 6.07) is 16.3. The van der Waals surface area contributed by atoms with Crippen LogP contribution in [0.15, 0.2) is 54.6 Å². The first-order valence-corrected chi connectivity index (χ1v) is 8.85. The van der Waals surface area contributed by atoms with Crippen LogP contribution in [0.2, 0.25) is 0 Å². The van der Waals surface area contributed by atoms with Crippen LogP contribution in [0.3, 0.4) is 0 Å². The zero-order valence-electron chi connectivity index (χ0n) is 15.5. The molecule has 2 aromatic rings. The second-order valence-corrected chi connectivity index (χ2v) is 7.29. The van der Waals surface area contributed by atoms with E-state index in [0.29, 0.717) is 11.3 Å². The summed E-state index contributed by atoms with van der Waals surface area (Å²) in [6.07, 6.45) is 0. The van der Waals surface area contributed by atoms with Crippen LogP contribution in [-0.4, -0.2) is 23.5 Å². The molecule has 7 heteroatoms.